The van der Waals surface area contributed by atoms with E-state index in [0.29, 0.717) is 25.7 Å². The van der Waals surface area contributed by atoms with Crippen LogP contribution in [0.15, 0.2) is 0 Å². The Hall–Kier alpha value is -0.650. The lowest BCUT2D eigenvalue weighted by molar-refractivity contribution is -0.121. The van der Waals surface area contributed by atoms with Crippen LogP contribution in [-0.2, 0) is 14.3 Å². The van der Waals surface area contributed by atoms with Gasteiger partial charge in [-0.3, -0.25) is 4.79 Å². The summed E-state index contributed by atoms with van der Waals surface area (Å²) in [7, 11) is 0. The summed E-state index contributed by atoms with van der Waals surface area (Å²) in [5, 5.41) is 6.34. The molecule has 0 aromatic rings. The van der Waals surface area contributed by atoms with Gasteiger partial charge in [0.25, 0.3) is 0 Å². The Balaban J connectivity index is 1.38. The van der Waals surface area contributed by atoms with Crippen molar-refractivity contribution in [2.75, 3.05) is 39.5 Å². The minimum absolute atomic E-state index is 0.188. The molecule has 5 nitrogen and oxygen atoms in total. The zero-order valence-corrected chi connectivity index (χ0v) is 13.1. The van der Waals surface area contributed by atoms with Gasteiger partial charge in [-0.2, -0.15) is 0 Å². The molecule has 2 aliphatic rings. The maximum absolute atomic E-state index is 11.7. The van der Waals surface area contributed by atoms with Crippen LogP contribution in [0.2, 0.25) is 0 Å². The lowest BCUT2D eigenvalue weighted by Gasteiger charge is -2.22. The number of ether oxygens (including phenoxy) is 2. The number of piperidine rings is 1. The third-order valence-corrected chi connectivity index (χ3v) is 4.35. The van der Waals surface area contributed by atoms with Crippen LogP contribution in [0, 0.1) is 5.92 Å². The van der Waals surface area contributed by atoms with E-state index in [1.807, 2.05) is 0 Å². The molecule has 0 spiro atoms. The quantitative estimate of drug-likeness (QED) is 0.633. The van der Waals surface area contributed by atoms with Gasteiger partial charge in [0.05, 0.1) is 12.7 Å². The number of carbonyl (C=O) groups is 1. The van der Waals surface area contributed by atoms with Gasteiger partial charge in [0.15, 0.2) is 0 Å². The highest BCUT2D eigenvalue weighted by Gasteiger charge is 2.15. The number of rotatable bonds is 9. The lowest BCUT2D eigenvalue weighted by Crippen LogP contribution is -2.30. The van der Waals surface area contributed by atoms with Crippen molar-refractivity contribution in [2.45, 2.75) is 51.0 Å². The van der Waals surface area contributed by atoms with Gasteiger partial charge < -0.3 is 20.1 Å². The van der Waals surface area contributed by atoms with Crippen LogP contribution in [0.4, 0.5) is 0 Å². The first-order valence-corrected chi connectivity index (χ1v) is 8.51. The fourth-order valence-electron chi connectivity index (χ4n) is 2.99. The van der Waals surface area contributed by atoms with E-state index in [1.54, 1.807) is 0 Å². The van der Waals surface area contributed by atoms with E-state index in [1.165, 1.54) is 12.8 Å². The third kappa shape index (κ3) is 7.25. The van der Waals surface area contributed by atoms with Crippen LogP contribution in [0.3, 0.4) is 0 Å². The average molecular weight is 298 g/mol. The molecule has 1 atom stereocenters. The highest BCUT2D eigenvalue weighted by molar-refractivity contribution is 5.75. The molecule has 0 saturated carbocycles. The minimum Gasteiger partial charge on any atom is -0.379 e. The minimum atomic E-state index is 0.188. The van der Waals surface area contributed by atoms with E-state index in [4.69, 9.17) is 9.47 Å². The maximum Gasteiger partial charge on any atom is 0.220 e. The summed E-state index contributed by atoms with van der Waals surface area (Å²) in [6, 6.07) is 0. The van der Waals surface area contributed by atoms with Crippen LogP contribution < -0.4 is 10.6 Å². The molecule has 2 aliphatic heterocycles. The van der Waals surface area contributed by atoms with E-state index in [0.717, 1.165) is 57.8 Å². The number of amides is 1. The second kappa shape index (κ2) is 10.1. The van der Waals surface area contributed by atoms with Crippen LogP contribution in [0.5, 0.6) is 0 Å². The summed E-state index contributed by atoms with van der Waals surface area (Å²) in [6.45, 7) is 5.21. The maximum atomic E-state index is 11.7. The second-order valence-corrected chi connectivity index (χ2v) is 6.15. The summed E-state index contributed by atoms with van der Waals surface area (Å²) < 4.78 is 11.1. The van der Waals surface area contributed by atoms with Gasteiger partial charge >= 0.3 is 0 Å². The average Bonchev–Trinajstić information content (AvgIpc) is 3.03. The molecule has 2 N–H and O–H groups in total. The zero-order valence-electron chi connectivity index (χ0n) is 13.1. The fraction of sp³-hybridized carbons (Fsp3) is 0.938. The summed E-state index contributed by atoms with van der Waals surface area (Å²) in [5.41, 5.74) is 0. The topological polar surface area (TPSA) is 59.6 Å². The Morgan fingerprint density at radius 1 is 1.29 bits per heavy atom. The molecule has 0 aromatic carbocycles. The van der Waals surface area contributed by atoms with Gasteiger partial charge in [-0.05, 0) is 57.5 Å². The molecule has 0 bridgehead atoms. The molecular formula is C16H30N2O3. The lowest BCUT2D eigenvalue weighted by atomic mass is 9.93. The van der Waals surface area contributed by atoms with Crippen molar-refractivity contribution in [3.8, 4) is 0 Å². The summed E-state index contributed by atoms with van der Waals surface area (Å²) >= 11 is 0. The Bertz CT molecular complexity index is 287. The smallest absolute Gasteiger partial charge is 0.220 e. The van der Waals surface area contributed by atoms with E-state index in [-0.39, 0.29) is 5.91 Å². The van der Waals surface area contributed by atoms with Crippen molar-refractivity contribution in [2.24, 2.45) is 5.92 Å². The van der Waals surface area contributed by atoms with Crippen molar-refractivity contribution in [1.29, 1.82) is 0 Å². The first-order chi connectivity index (χ1) is 10.3. The van der Waals surface area contributed by atoms with Gasteiger partial charge in [0.2, 0.25) is 5.91 Å². The zero-order chi connectivity index (χ0) is 14.8. The van der Waals surface area contributed by atoms with Crippen molar-refractivity contribution in [3.05, 3.63) is 0 Å². The molecule has 0 radical (unpaired) electrons. The van der Waals surface area contributed by atoms with Crippen molar-refractivity contribution in [1.82, 2.24) is 10.6 Å². The highest BCUT2D eigenvalue weighted by Crippen LogP contribution is 2.17. The predicted molar refractivity (Wildman–Crippen MR) is 82.2 cm³/mol. The summed E-state index contributed by atoms with van der Waals surface area (Å²) in [5.74, 6) is 0.916. The third-order valence-electron chi connectivity index (χ3n) is 4.35. The molecule has 2 fully saturated rings. The SMILES string of the molecule is O=C(CCC1CCNCC1)NCCCOCC1CCCO1. The van der Waals surface area contributed by atoms with Crippen LogP contribution in [0.25, 0.3) is 0 Å². The van der Waals surface area contributed by atoms with Crippen LogP contribution in [-0.4, -0.2) is 51.5 Å². The molecule has 2 saturated heterocycles. The number of carbonyl (C=O) groups excluding carboxylic acids is 1. The van der Waals surface area contributed by atoms with E-state index < -0.39 is 0 Å². The molecule has 21 heavy (non-hydrogen) atoms. The van der Waals surface area contributed by atoms with E-state index in [2.05, 4.69) is 10.6 Å². The Labute approximate surface area is 128 Å². The van der Waals surface area contributed by atoms with Crippen molar-refractivity contribution < 1.29 is 14.3 Å². The fourth-order valence-corrected chi connectivity index (χ4v) is 2.99. The Kier molecular flexibility index (Phi) is 8.07. The largest absolute Gasteiger partial charge is 0.379 e. The molecule has 0 aromatic heterocycles. The Morgan fingerprint density at radius 2 is 2.14 bits per heavy atom. The molecule has 5 heteroatoms. The van der Waals surface area contributed by atoms with Gasteiger partial charge in [0, 0.05) is 26.2 Å². The molecule has 2 rings (SSSR count). The number of nitrogens with one attached hydrogen (secondary N) is 2. The first kappa shape index (κ1) is 16.7. The van der Waals surface area contributed by atoms with Crippen LogP contribution in [0.1, 0.15) is 44.9 Å². The van der Waals surface area contributed by atoms with Crippen LogP contribution >= 0.6 is 0 Å². The summed E-state index contributed by atoms with van der Waals surface area (Å²) in [4.78, 5) is 11.7. The molecular weight excluding hydrogens is 268 g/mol. The molecule has 122 valence electrons. The predicted octanol–water partition coefficient (Wildman–Crippen LogP) is 1.47. The van der Waals surface area contributed by atoms with E-state index in [9.17, 15) is 4.79 Å². The van der Waals surface area contributed by atoms with Gasteiger partial charge in [0.1, 0.15) is 0 Å². The molecule has 0 aliphatic carbocycles. The van der Waals surface area contributed by atoms with E-state index >= 15 is 0 Å². The number of hydrogen-bond acceptors (Lipinski definition) is 4. The second-order valence-electron chi connectivity index (χ2n) is 6.15. The standard InChI is InChI=1S/C16H30N2O3/c19-16(5-4-14-6-9-17-10-7-14)18-8-2-11-20-13-15-3-1-12-21-15/h14-15,17H,1-13H2,(H,18,19). The Morgan fingerprint density at radius 3 is 2.90 bits per heavy atom. The number of hydrogen-bond donors (Lipinski definition) is 2. The highest BCUT2D eigenvalue weighted by atomic mass is 16.5. The van der Waals surface area contributed by atoms with Crippen molar-refractivity contribution in [3.63, 3.8) is 0 Å². The summed E-state index contributed by atoms with van der Waals surface area (Å²) in [6.07, 6.45) is 7.57. The van der Waals surface area contributed by atoms with Gasteiger partial charge in [-0.15, -0.1) is 0 Å². The van der Waals surface area contributed by atoms with Gasteiger partial charge in [-0.1, -0.05) is 0 Å². The first-order valence-electron chi connectivity index (χ1n) is 8.51. The monoisotopic (exact) mass is 298 g/mol. The normalized spacial score (nSPS) is 23.3. The molecule has 1 unspecified atom stereocenters. The molecule has 2 heterocycles. The van der Waals surface area contributed by atoms with Gasteiger partial charge in [-0.25, -0.2) is 0 Å². The van der Waals surface area contributed by atoms with Crippen molar-refractivity contribution >= 4 is 5.91 Å². The molecule has 1 amide bonds.